The molecule has 1 amide bonds. The van der Waals surface area contributed by atoms with Crippen LogP contribution in [0.4, 0.5) is 0 Å². The van der Waals surface area contributed by atoms with Crippen LogP contribution in [0, 0.1) is 0 Å². The third-order valence-electron chi connectivity index (χ3n) is 5.41. The number of carbonyl (C=O) groups is 2. The molecule has 194 valence electrons. The van der Waals surface area contributed by atoms with Gasteiger partial charge in [-0.1, -0.05) is 53.5 Å². The summed E-state index contributed by atoms with van der Waals surface area (Å²) in [6.07, 6.45) is 0.680. The molecule has 0 heterocycles. The molecule has 9 heteroatoms. The first-order valence-corrected chi connectivity index (χ1v) is 12.5. The van der Waals surface area contributed by atoms with Gasteiger partial charge >= 0.3 is 5.97 Å². The molecule has 0 fully saturated rings. The van der Waals surface area contributed by atoms with Gasteiger partial charge in [0.15, 0.2) is 17.6 Å². The molecule has 0 radical (unpaired) electrons. The lowest BCUT2D eigenvalue weighted by atomic mass is 10.1. The second-order valence-corrected chi connectivity index (χ2v) is 9.00. The summed E-state index contributed by atoms with van der Waals surface area (Å²) >= 11 is 12.0. The van der Waals surface area contributed by atoms with Crippen LogP contribution >= 0.6 is 23.2 Å². The van der Waals surface area contributed by atoms with Gasteiger partial charge in [-0.2, -0.15) is 5.10 Å². The van der Waals surface area contributed by atoms with E-state index in [4.69, 9.17) is 37.4 Å². The predicted octanol–water partition coefficient (Wildman–Crippen LogP) is 6.68. The monoisotopic (exact) mass is 550 g/mol. The summed E-state index contributed by atoms with van der Waals surface area (Å²) < 4.78 is 16.9. The minimum atomic E-state index is -0.770. The minimum absolute atomic E-state index is 0.173. The van der Waals surface area contributed by atoms with Crippen molar-refractivity contribution in [1.82, 2.24) is 5.43 Å². The van der Waals surface area contributed by atoms with E-state index in [1.54, 1.807) is 38.1 Å². The number of amides is 1. The van der Waals surface area contributed by atoms with E-state index >= 15 is 0 Å². The van der Waals surface area contributed by atoms with Crippen molar-refractivity contribution < 1.29 is 23.8 Å². The Hall–Kier alpha value is -4.07. The van der Waals surface area contributed by atoms with Gasteiger partial charge in [0.05, 0.1) is 23.4 Å². The first-order valence-electron chi connectivity index (χ1n) is 11.8. The summed E-state index contributed by atoms with van der Waals surface area (Å²) in [5.41, 5.74) is 3.26. The predicted molar refractivity (Wildman–Crippen MR) is 149 cm³/mol. The number of nitrogens with zero attached hydrogens (tertiary/aromatic N) is 1. The standard InChI is InChI=1S/C29H24Cl2N2O5/c1-3-36-27-14-19(8-13-26(27)38-29(35)24-12-10-22(30)16-25(24)31)17-32-33-28(34)18(2)37-23-11-9-20-6-4-5-7-21(20)15-23/h4-18H,3H2,1-2H3,(H,33,34)/b32-17+. The normalized spacial score (nSPS) is 11.8. The van der Waals surface area contributed by atoms with Gasteiger partial charge in [0.2, 0.25) is 0 Å². The number of nitrogens with one attached hydrogen (secondary N) is 1. The van der Waals surface area contributed by atoms with Gasteiger partial charge in [0.1, 0.15) is 5.75 Å². The molecular weight excluding hydrogens is 527 g/mol. The molecule has 0 saturated heterocycles. The van der Waals surface area contributed by atoms with Gasteiger partial charge in [-0.25, -0.2) is 10.2 Å². The van der Waals surface area contributed by atoms with Crippen LogP contribution in [-0.4, -0.2) is 30.8 Å². The first-order chi connectivity index (χ1) is 18.3. The van der Waals surface area contributed by atoms with Crippen molar-refractivity contribution in [3.8, 4) is 17.2 Å². The molecule has 4 rings (SSSR count). The van der Waals surface area contributed by atoms with Crippen molar-refractivity contribution in [3.05, 3.63) is 100 Å². The zero-order valence-corrected chi connectivity index (χ0v) is 22.1. The Bertz CT molecular complexity index is 1510. The lowest BCUT2D eigenvalue weighted by Gasteiger charge is -2.13. The Labute approximate surface area is 229 Å². The van der Waals surface area contributed by atoms with Crippen molar-refractivity contribution in [1.29, 1.82) is 0 Å². The zero-order chi connectivity index (χ0) is 27.1. The Morgan fingerprint density at radius 3 is 2.50 bits per heavy atom. The summed E-state index contributed by atoms with van der Waals surface area (Å²) in [7, 11) is 0. The molecule has 38 heavy (non-hydrogen) atoms. The summed E-state index contributed by atoms with van der Waals surface area (Å²) in [5.74, 6) is 0.0592. The molecule has 0 aliphatic carbocycles. The molecule has 1 unspecified atom stereocenters. The topological polar surface area (TPSA) is 86.2 Å². The smallest absolute Gasteiger partial charge is 0.345 e. The van der Waals surface area contributed by atoms with Gasteiger partial charge in [0, 0.05) is 5.02 Å². The number of hydrogen-bond acceptors (Lipinski definition) is 6. The number of halogens is 2. The molecule has 1 atom stereocenters. The Kier molecular flexibility index (Phi) is 8.84. The van der Waals surface area contributed by atoms with E-state index in [0.717, 1.165) is 10.8 Å². The van der Waals surface area contributed by atoms with Gasteiger partial charge < -0.3 is 14.2 Å². The van der Waals surface area contributed by atoms with E-state index in [0.29, 0.717) is 28.7 Å². The summed E-state index contributed by atoms with van der Waals surface area (Å²) in [6, 6.07) is 22.9. The van der Waals surface area contributed by atoms with E-state index < -0.39 is 18.0 Å². The average molecular weight is 551 g/mol. The lowest BCUT2D eigenvalue weighted by Crippen LogP contribution is -2.33. The van der Waals surface area contributed by atoms with Crippen LogP contribution < -0.4 is 19.6 Å². The van der Waals surface area contributed by atoms with E-state index in [-0.39, 0.29) is 16.3 Å². The van der Waals surface area contributed by atoms with E-state index in [2.05, 4.69) is 10.5 Å². The second kappa shape index (κ2) is 12.4. The van der Waals surface area contributed by atoms with Crippen molar-refractivity contribution in [2.75, 3.05) is 6.61 Å². The maximum atomic E-state index is 12.6. The Morgan fingerprint density at radius 1 is 0.947 bits per heavy atom. The maximum absolute atomic E-state index is 12.6. The van der Waals surface area contributed by atoms with Crippen LogP contribution in [0.2, 0.25) is 10.0 Å². The summed E-state index contributed by atoms with van der Waals surface area (Å²) in [4.78, 5) is 25.1. The third kappa shape index (κ3) is 6.82. The van der Waals surface area contributed by atoms with Crippen molar-refractivity contribution >= 4 is 52.1 Å². The molecule has 0 bridgehead atoms. The van der Waals surface area contributed by atoms with Gasteiger partial charge in [0.25, 0.3) is 5.91 Å². The van der Waals surface area contributed by atoms with Crippen molar-refractivity contribution in [3.63, 3.8) is 0 Å². The molecule has 4 aromatic rings. The number of carbonyl (C=O) groups excluding carboxylic acids is 2. The highest BCUT2D eigenvalue weighted by Gasteiger charge is 2.17. The molecule has 0 saturated carbocycles. The van der Waals surface area contributed by atoms with Crippen LogP contribution in [0.25, 0.3) is 10.8 Å². The lowest BCUT2D eigenvalue weighted by molar-refractivity contribution is -0.127. The highest BCUT2D eigenvalue weighted by Crippen LogP contribution is 2.30. The van der Waals surface area contributed by atoms with Crippen LogP contribution in [0.3, 0.4) is 0 Å². The van der Waals surface area contributed by atoms with Crippen molar-refractivity contribution in [2.24, 2.45) is 5.10 Å². The highest BCUT2D eigenvalue weighted by molar-refractivity contribution is 6.36. The number of esters is 1. The molecule has 4 aromatic carbocycles. The zero-order valence-electron chi connectivity index (χ0n) is 20.6. The van der Waals surface area contributed by atoms with Crippen molar-refractivity contribution in [2.45, 2.75) is 20.0 Å². The van der Waals surface area contributed by atoms with Gasteiger partial charge in [-0.3, -0.25) is 4.79 Å². The molecule has 0 spiro atoms. The average Bonchev–Trinajstić information content (AvgIpc) is 2.90. The van der Waals surface area contributed by atoms with Crippen LogP contribution in [0.5, 0.6) is 17.2 Å². The van der Waals surface area contributed by atoms with E-state index in [1.165, 1.54) is 18.3 Å². The number of fused-ring (bicyclic) bond motifs is 1. The first kappa shape index (κ1) is 27.0. The van der Waals surface area contributed by atoms with Crippen LogP contribution in [-0.2, 0) is 4.79 Å². The SMILES string of the molecule is CCOc1cc(/C=N/NC(=O)C(C)Oc2ccc3ccccc3c2)ccc1OC(=O)c1ccc(Cl)cc1Cl. The molecule has 1 N–H and O–H groups in total. The fraction of sp³-hybridized carbons (Fsp3) is 0.138. The Balaban J connectivity index is 1.38. The van der Waals surface area contributed by atoms with E-state index in [1.807, 2.05) is 42.5 Å². The number of ether oxygens (including phenoxy) is 3. The van der Waals surface area contributed by atoms with Crippen LogP contribution in [0.1, 0.15) is 29.8 Å². The van der Waals surface area contributed by atoms with Gasteiger partial charge in [-0.05, 0) is 78.7 Å². The second-order valence-electron chi connectivity index (χ2n) is 8.16. The Morgan fingerprint density at radius 2 is 1.74 bits per heavy atom. The fourth-order valence-electron chi connectivity index (χ4n) is 3.53. The van der Waals surface area contributed by atoms with Gasteiger partial charge in [-0.15, -0.1) is 0 Å². The maximum Gasteiger partial charge on any atom is 0.345 e. The number of hydrazone groups is 1. The molecule has 0 aliphatic rings. The molecule has 7 nitrogen and oxygen atoms in total. The van der Waals surface area contributed by atoms with E-state index in [9.17, 15) is 9.59 Å². The number of hydrogen-bond donors (Lipinski definition) is 1. The van der Waals surface area contributed by atoms with Crippen LogP contribution in [0.15, 0.2) is 84.0 Å². The quantitative estimate of drug-likeness (QED) is 0.109. The minimum Gasteiger partial charge on any atom is -0.490 e. The number of rotatable bonds is 9. The summed E-state index contributed by atoms with van der Waals surface area (Å²) in [5, 5.41) is 6.71. The third-order valence-corrected chi connectivity index (χ3v) is 5.96. The largest absolute Gasteiger partial charge is 0.490 e. The molecular formula is C29H24Cl2N2O5. The summed E-state index contributed by atoms with van der Waals surface area (Å²) in [6.45, 7) is 3.79. The molecule has 0 aromatic heterocycles. The fourth-order valence-corrected chi connectivity index (χ4v) is 4.01. The highest BCUT2D eigenvalue weighted by atomic mass is 35.5. The molecule has 0 aliphatic heterocycles. The number of benzene rings is 4.